The molecule has 176 valence electrons. The number of hydrogen-bond donors (Lipinski definition) is 4. The number of aliphatic hydroxyl groups is 2. The Morgan fingerprint density at radius 3 is 1.30 bits per heavy atom. The fraction of sp³-hybridized carbons (Fsp3) is 0.185. The van der Waals surface area contributed by atoms with Crippen molar-refractivity contribution >= 4 is 24.1 Å². The molecule has 0 saturated heterocycles. The van der Waals surface area contributed by atoms with Crippen LogP contribution in [0.4, 0.5) is 0 Å². The highest BCUT2D eigenvalue weighted by atomic mass is 16.4. The number of allylic oxidation sites excluding steroid dienone is 4. The Morgan fingerprint density at radius 2 is 1.06 bits per heavy atom. The van der Waals surface area contributed by atoms with E-state index < -0.39 is 18.0 Å². The summed E-state index contributed by atoms with van der Waals surface area (Å²) < 4.78 is 0. The van der Waals surface area contributed by atoms with Crippen molar-refractivity contribution in [2.45, 2.75) is 26.9 Å². The van der Waals surface area contributed by atoms with Crippen LogP contribution in [-0.2, 0) is 9.59 Å². The van der Waals surface area contributed by atoms with E-state index in [1.54, 1.807) is 38.2 Å². The van der Waals surface area contributed by atoms with E-state index in [-0.39, 0.29) is 6.61 Å². The molecule has 4 N–H and O–H groups in total. The lowest BCUT2D eigenvalue weighted by Crippen LogP contribution is -2.03. The lowest BCUT2D eigenvalue weighted by atomic mass is 10.2. The van der Waals surface area contributed by atoms with E-state index in [1.807, 2.05) is 72.8 Å². The zero-order valence-corrected chi connectivity index (χ0v) is 19.1. The maximum Gasteiger partial charge on any atom is 0.331 e. The lowest BCUT2D eigenvalue weighted by Gasteiger charge is -1.90. The van der Waals surface area contributed by atoms with Crippen molar-refractivity contribution in [1.29, 1.82) is 0 Å². The van der Waals surface area contributed by atoms with Gasteiger partial charge in [0.1, 0.15) is 0 Å². The molecule has 0 fully saturated rings. The van der Waals surface area contributed by atoms with Crippen LogP contribution in [0.25, 0.3) is 12.2 Å². The number of aliphatic carboxylic acids is 2. The summed E-state index contributed by atoms with van der Waals surface area (Å²) in [6.07, 6.45) is 9.80. The summed E-state index contributed by atoms with van der Waals surface area (Å²) in [5.41, 5.74) is 2.78. The van der Waals surface area contributed by atoms with E-state index in [0.29, 0.717) is 11.1 Å². The zero-order chi connectivity index (χ0) is 25.1. The molecule has 1 unspecified atom stereocenters. The third-order valence-corrected chi connectivity index (χ3v) is 3.81. The second kappa shape index (κ2) is 17.9. The molecule has 33 heavy (non-hydrogen) atoms. The molecular weight excluding hydrogens is 420 g/mol. The highest BCUT2D eigenvalue weighted by molar-refractivity contribution is 5.86. The van der Waals surface area contributed by atoms with Crippen LogP contribution < -0.4 is 0 Å². The van der Waals surface area contributed by atoms with Gasteiger partial charge in [-0.15, -0.1) is 0 Å². The van der Waals surface area contributed by atoms with Crippen LogP contribution in [-0.4, -0.2) is 45.1 Å². The molecule has 0 radical (unpaired) electrons. The Labute approximate surface area is 195 Å². The van der Waals surface area contributed by atoms with Gasteiger partial charge in [-0.25, -0.2) is 9.59 Å². The topological polar surface area (TPSA) is 115 Å². The predicted molar refractivity (Wildman–Crippen MR) is 133 cm³/mol. The first-order valence-electron chi connectivity index (χ1n) is 10.2. The monoisotopic (exact) mass is 452 g/mol. The molecular formula is C27H32O6. The molecule has 0 saturated carbocycles. The van der Waals surface area contributed by atoms with Gasteiger partial charge in [0.15, 0.2) is 0 Å². The van der Waals surface area contributed by atoms with E-state index in [4.69, 9.17) is 20.4 Å². The average molecular weight is 453 g/mol. The molecule has 0 heterocycles. The van der Waals surface area contributed by atoms with Crippen LogP contribution in [0, 0.1) is 0 Å². The molecule has 0 aliphatic rings. The largest absolute Gasteiger partial charge is 0.478 e. The smallest absolute Gasteiger partial charge is 0.331 e. The Hall–Kier alpha value is -3.74. The van der Waals surface area contributed by atoms with E-state index in [9.17, 15) is 9.59 Å². The molecule has 0 aliphatic heterocycles. The molecule has 6 heteroatoms. The first-order chi connectivity index (χ1) is 15.7. The first kappa shape index (κ1) is 29.3. The van der Waals surface area contributed by atoms with Crippen LogP contribution in [0.3, 0.4) is 0 Å². The third-order valence-electron chi connectivity index (χ3n) is 3.81. The van der Waals surface area contributed by atoms with E-state index in [0.717, 1.165) is 11.1 Å². The molecule has 0 aliphatic carbocycles. The summed E-state index contributed by atoms with van der Waals surface area (Å²) in [6.45, 7) is 4.52. The highest BCUT2D eigenvalue weighted by Gasteiger charge is 1.96. The van der Waals surface area contributed by atoms with E-state index >= 15 is 0 Å². The maximum absolute atomic E-state index is 10.4. The summed E-state index contributed by atoms with van der Waals surface area (Å²) in [6, 6.07) is 19.5. The number of hydrogen-bond acceptors (Lipinski definition) is 4. The number of carboxylic acid groups (broad SMARTS) is 2. The third kappa shape index (κ3) is 16.6. The Kier molecular flexibility index (Phi) is 15.9. The van der Waals surface area contributed by atoms with Gasteiger partial charge in [-0.3, -0.25) is 0 Å². The summed E-state index contributed by atoms with van der Waals surface area (Å²) in [5, 5.41) is 33.2. The summed E-state index contributed by atoms with van der Waals surface area (Å²) in [7, 11) is 0. The average Bonchev–Trinajstić information content (AvgIpc) is 2.81. The molecule has 0 bridgehead atoms. The summed E-state index contributed by atoms with van der Waals surface area (Å²) >= 11 is 0. The molecule has 2 aromatic carbocycles. The van der Waals surface area contributed by atoms with Crippen LogP contribution in [0.15, 0.2) is 96.1 Å². The van der Waals surface area contributed by atoms with Gasteiger partial charge in [-0.05, 0) is 31.9 Å². The first-order valence-corrected chi connectivity index (χ1v) is 10.2. The quantitative estimate of drug-likeness (QED) is 0.354. The van der Waals surface area contributed by atoms with Gasteiger partial charge in [0, 0.05) is 11.1 Å². The number of benzene rings is 2. The molecule has 6 nitrogen and oxygen atoms in total. The predicted octanol–water partition coefficient (Wildman–Crippen LogP) is 4.82. The van der Waals surface area contributed by atoms with Crippen LogP contribution in [0.2, 0.25) is 0 Å². The van der Waals surface area contributed by atoms with Crippen molar-refractivity contribution in [3.05, 3.63) is 107 Å². The highest BCUT2D eigenvalue weighted by Crippen LogP contribution is 2.03. The second-order valence-corrected chi connectivity index (χ2v) is 6.88. The normalized spacial score (nSPS) is 12.4. The number of carbonyl (C=O) groups is 2. The fourth-order valence-electron chi connectivity index (χ4n) is 1.88. The number of aliphatic hydroxyl groups excluding tert-OH is 2. The van der Waals surface area contributed by atoms with Gasteiger partial charge < -0.3 is 20.4 Å². The van der Waals surface area contributed by atoms with Gasteiger partial charge in [0.05, 0.1) is 12.7 Å². The van der Waals surface area contributed by atoms with Crippen molar-refractivity contribution in [1.82, 2.24) is 0 Å². The van der Waals surface area contributed by atoms with Crippen LogP contribution >= 0.6 is 0 Å². The maximum atomic E-state index is 10.4. The summed E-state index contributed by atoms with van der Waals surface area (Å²) in [5.74, 6) is -1.77. The molecule has 2 rings (SSSR count). The molecule has 0 aromatic heterocycles. The minimum Gasteiger partial charge on any atom is -0.478 e. The standard InChI is InChI=1S/2C12H12O2.C3H8O2/c2*1-10(12(13)14)6-5-9-11-7-3-2-4-8-11;1-3(5)2-4/h2*2-9H,1H3,(H,13,14);3-5H,2H2,1H3. The van der Waals surface area contributed by atoms with Gasteiger partial charge in [-0.1, -0.05) is 97.1 Å². The van der Waals surface area contributed by atoms with Crippen LogP contribution in [0.1, 0.15) is 31.9 Å². The molecule has 2 aromatic rings. The fourth-order valence-corrected chi connectivity index (χ4v) is 1.88. The number of carboxylic acids is 2. The Bertz CT molecular complexity index is 864. The summed E-state index contributed by atoms with van der Waals surface area (Å²) in [4.78, 5) is 20.9. The zero-order valence-electron chi connectivity index (χ0n) is 19.1. The van der Waals surface area contributed by atoms with Gasteiger partial charge in [0.25, 0.3) is 0 Å². The Balaban J connectivity index is 0.000000517. The van der Waals surface area contributed by atoms with Gasteiger partial charge in [-0.2, -0.15) is 0 Å². The van der Waals surface area contributed by atoms with Crippen molar-refractivity contribution in [3.8, 4) is 0 Å². The molecule has 0 spiro atoms. The van der Waals surface area contributed by atoms with E-state index in [1.165, 1.54) is 6.92 Å². The van der Waals surface area contributed by atoms with Crippen molar-refractivity contribution in [2.24, 2.45) is 0 Å². The minimum absolute atomic E-state index is 0.139. The Morgan fingerprint density at radius 1 is 0.758 bits per heavy atom. The molecule has 1 atom stereocenters. The lowest BCUT2D eigenvalue weighted by molar-refractivity contribution is -0.133. The van der Waals surface area contributed by atoms with Crippen molar-refractivity contribution < 1.29 is 30.0 Å². The SMILES string of the molecule is CC(=CC=Cc1ccccc1)C(=O)O.CC(=CC=Cc1ccccc1)C(=O)O.CC(O)CO. The second-order valence-electron chi connectivity index (χ2n) is 6.88. The molecule has 0 amide bonds. The minimum atomic E-state index is -0.886. The number of rotatable bonds is 7. The van der Waals surface area contributed by atoms with Gasteiger partial charge in [0.2, 0.25) is 0 Å². The van der Waals surface area contributed by atoms with E-state index in [2.05, 4.69) is 0 Å². The van der Waals surface area contributed by atoms with Crippen molar-refractivity contribution in [2.75, 3.05) is 6.61 Å². The van der Waals surface area contributed by atoms with Gasteiger partial charge >= 0.3 is 11.9 Å². The van der Waals surface area contributed by atoms with Crippen LogP contribution in [0.5, 0.6) is 0 Å². The van der Waals surface area contributed by atoms with Crippen molar-refractivity contribution in [3.63, 3.8) is 0 Å².